The predicted molar refractivity (Wildman–Crippen MR) is 114 cm³/mol. The van der Waals surface area contributed by atoms with E-state index in [9.17, 15) is 19.1 Å². The van der Waals surface area contributed by atoms with Crippen LogP contribution in [-0.2, 0) is 4.74 Å². The molecule has 3 amide bonds. The summed E-state index contributed by atoms with van der Waals surface area (Å²) >= 11 is 0. The molecule has 0 radical (unpaired) electrons. The lowest BCUT2D eigenvalue weighted by molar-refractivity contribution is 0.172. The van der Waals surface area contributed by atoms with Crippen molar-refractivity contribution in [3.63, 3.8) is 0 Å². The average molecular weight is 453 g/mol. The lowest BCUT2D eigenvalue weighted by Gasteiger charge is -2.16. The number of nitrogens with one attached hydrogen (secondary N) is 3. The number of nitrogens with zero attached hydrogens (tertiary/aromatic N) is 2. The third kappa shape index (κ3) is 4.34. The Morgan fingerprint density at radius 1 is 1.18 bits per heavy atom. The van der Waals surface area contributed by atoms with Gasteiger partial charge in [0.25, 0.3) is 0 Å². The average Bonchev–Trinajstić information content (AvgIpc) is 3.24. The number of hydrogen-bond donors (Lipinski definition) is 4. The Morgan fingerprint density at radius 3 is 2.73 bits per heavy atom. The summed E-state index contributed by atoms with van der Waals surface area (Å²) in [4.78, 5) is 34.2. The monoisotopic (exact) mass is 453 g/mol. The predicted octanol–water partition coefficient (Wildman–Crippen LogP) is 3.87. The first-order chi connectivity index (χ1) is 15.9. The zero-order valence-corrected chi connectivity index (χ0v) is 17.1. The minimum absolute atomic E-state index is 0.178. The smallest absolute Gasteiger partial charge is 0.415 e. The quantitative estimate of drug-likeness (QED) is 0.371. The molecule has 33 heavy (non-hydrogen) atoms. The van der Waals surface area contributed by atoms with Crippen LogP contribution in [0.5, 0.6) is 0 Å². The number of hydrogen-bond acceptors (Lipinski definition) is 6. The van der Waals surface area contributed by atoms with E-state index in [2.05, 4.69) is 25.0 Å². The zero-order valence-electron chi connectivity index (χ0n) is 17.1. The largest absolute Gasteiger partial charge is 0.453 e. The molecular weight excluding hydrogens is 436 g/mol. The van der Waals surface area contributed by atoms with Crippen molar-refractivity contribution in [3.05, 3.63) is 77.9 Å². The van der Waals surface area contributed by atoms with Gasteiger partial charge in [0.15, 0.2) is 5.82 Å². The molecule has 0 spiro atoms. The van der Waals surface area contributed by atoms with Crippen LogP contribution in [-0.4, -0.2) is 39.3 Å². The number of alkyl carbamates (subject to hydrolysis) is 1. The normalized spacial score (nSPS) is 11.8. The fourth-order valence-corrected chi connectivity index (χ4v) is 3.31. The molecule has 4 aromatic rings. The maximum absolute atomic E-state index is 15.1. The molecule has 168 valence electrons. The highest BCUT2D eigenvalue weighted by Gasteiger charge is 2.26. The van der Waals surface area contributed by atoms with Crippen LogP contribution in [0.15, 0.2) is 55.1 Å². The number of urea groups is 1. The Bertz CT molecular complexity index is 1340. The number of aliphatic hydroxyl groups is 1. The standard InChI is InChI=1S/C22H17F2N5O4/c1-33-22(32)29-21(31)28-16-5-4-15(23)17(18(16)24)19(30)14-10-27-20-13(14)7-12(9-26-20)11-3-2-6-25-8-11/h2-10,19,30H,1H3,(H,26,27)(H2,28,29,31,32). The molecule has 11 heteroatoms. The van der Waals surface area contributed by atoms with Gasteiger partial charge in [-0.25, -0.2) is 28.7 Å². The summed E-state index contributed by atoms with van der Waals surface area (Å²) in [5.41, 5.74) is 0.925. The number of methoxy groups -OCH3 is 1. The third-order valence-electron chi connectivity index (χ3n) is 4.90. The van der Waals surface area contributed by atoms with Crippen LogP contribution in [0.4, 0.5) is 24.1 Å². The van der Waals surface area contributed by atoms with Crippen molar-refractivity contribution in [2.24, 2.45) is 0 Å². The molecule has 1 aromatic carbocycles. The number of fused-ring (bicyclic) bond motifs is 1. The van der Waals surface area contributed by atoms with Gasteiger partial charge in [-0.15, -0.1) is 0 Å². The first-order valence-electron chi connectivity index (χ1n) is 9.58. The third-order valence-corrected chi connectivity index (χ3v) is 4.90. The molecule has 1 unspecified atom stereocenters. The van der Waals surface area contributed by atoms with Gasteiger partial charge in [0.2, 0.25) is 0 Å². The van der Waals surface area contributed by atoms with E-state index in [-0.39, 0.29) is 5.56 Å². The van der Waals surface area contributed by atoms with E-state index >= 15 is 4.39 Å². The fraction of sp³-hybridized carbons (Fsp3) is 0.0909. The summed E-state index contributed by atoms with van der Waals surface area (Å²) < 4.78 is 34.0. The number of aromatic nitrogens is 3. The van der Waals surface area contributed by atoms with Crippen LogP contribution < -0.4 is 10.6 Å². The van der Waals surface area contributed by atoms with Crippen molar-refractivity contribution in [2.45, 2.75) is 6.10 Å². The molecule has 3 aromatic heterocycles. The first kappa shape index (κ1) is 21.8. The molecule has 0 bridgehead atoms. The van der Waals surface area contributed by atoms with Gasteiger partial charge in [0, 0.05) is 46.9 Å². The van der Waals surface area contributed by atoms with E-state index in [1.165, 1.54) is 6.20 Å². The number of imide groups is 1. The van der Waals surface area contributed by atoms with Crippen molar-refractivity contribution in [1.82, 2.24) is 20.3 Å². The highest BCUT2D eigenvalue weighted by atomic mass is 19.1. The van der Waals surface area contributed by atoms with E-state index < -0.39 is 41.1 Å². The van der Waals surface area contributed by atoms with Crippen molar-refractivity contribution in [1.29, 1.82) is 0 Å². The number of H-pyrrole nitrogens is 1. The van der Waals surface area contributed by atoms with Crippen molar-refractivity contribution in [2.75, 3.05) is 12.4 Å². The summed E-state index contributed by atoms with van der Waals surface area (Å²) in [6, 6.07) is 6.07. The van der Waals surface area contributed by atoms with E-state index in [0.29, 0.717) is 16.6 Å². The molecule has 0 aliphatic heterocycles. The van der Waals surface area contributed by atoms with Gasteiger partial charge >= 0.3 is 12.1 Å². The molecule has 0 fully saturated rings. The van der Waals surface area contributed by atoms with Crippen LogP contribution in [0.3, 0.4) is 0 Å². The minimum Gasteiger partial charge on any atom is -0.453 e. The summed E-state index contributed by atoms with van der Waals surface area (Å²) in [7, 11) is 1.05. The number of amides is 3. The van der Waals surface area contributed by atoms with Crippen molar-refractivity contribution in [3.8, 4) is 11.1 Å². The highest BCUT2D eigenvalue weighted by molar-refractivity contribution is 5.99. The van der Waals surface area contributed by atoms with E-state index in [1.807, 2.05) is 6.07 Å². The SMILES string of the molecule is COC(=O)NC(=O)Nc1ccc(F)c(C(O)c2c[nH]c3ncc(-c4cccnc4)cc23)c1F. The molecule has 3 heterocycles. The number of carbonyl (C=O) groups is 2. The number of ether oxygens (including phenoxy) is 1. The Hall–Kier alpha value is -4.38. The molecular formula is C22H17F2N5O4. The summed E-state index contributed by atoms with van der Waals surface area (Å²) in [5.74, 6) is -2.22. The number of anilines is 1. The maximum atomic E-state index is 15.1. The summed E-state index contributed by atoms with van der Waals surface area (Å²) in [6.07, 6.45) is 3.48. The number of benzene rings is 1. The number of rotatable bonds is 4. The topological polar surface area (TPSA) is 129 Å². The number of aliphatic hydroxyl groups excluding tert-OH is 1. The van der Waals surface area contributed by atoms with E-state index in [0.717, 1.165) is 24.8 Å². The highest BCUT2D eigenvalue weighted by Crippen LogP contribution is 2.35. The van der Waals surface area contributed by atoms with Crippen LogP contribution in [0.25, 0.3) is 22.2 Å². The molecule has 4 N–H and O–H groups in total. The van der Waals surface area contributed by atoms with Crippen LogP contribution in [0.1, 0.15) is 17.2 Å². The number of carbonyl (C=O) groups excluding carboxylic acids is 2. The number of aromatic amines is 1. The second-order valence-electron chi connectivity index (χ2n) is 6.90. The Morgan fingerprint density at radius 2 is 2.00 bits per heavy atom. The Labute approximate surface area is 185 Å². The molecule has 4 rings (SSSR count). The Balaban J connectivity index is 1.71. The van der Waals surface area contributed by atoms with Crippen LogP contribution in [0, 0.1) is 11.6 Å². The molecule has 9 nitrogen and oxygen atoms in total. The fourth-order valence-electron chi connectivity index (χ4n) is 3.31. The van der Waals surface area contributed by atoms with Gasteiger partial charge in [-0.2, -0.15) is 0 Å². The zero-order chi connectivity index (χ0) is 23.5. The van der Waals surface area contributed by atoms with E-state index in [4.69, 9.17) is 0 Å². The van der Waals surface area contributed by atoms with Gasteiger partial charge in [-0.1, -0.05) is 6.07 Å². The Kier molecular flexibility index (Phi) is 5.96. The molecule has 0 aliphatic carbocycles. The lowest BCUT2D eigenvalue weighted by atomic mass is 9.98. The summed E-state index contributed by atoms with van der Waals surface area (Å²) in [5, 5.41) is 15.2. The van der Waals surface area contributed by atoms with Crippen molar-refractivity contribution < 1.29 is 28.2 Å². The minimum atomic E-state index is -1.73. The van der Waals surface area contributed by atoms with Crippen molar-refractivity contribution >= 4 is 28.8 Å². The van der Waals surface area contributed by atoms with Gasteiger partial charge < -0.3 is 20.1 Å². The van der Waals surface area contributed by atoms with Gasteiger partial charge in [-0.05, 0) is 24.3 Å². The molecule has 0 aliphatic rings. The molecule has 1 atom stereocenters. The van der Waals surface area contributed by atoms with E-state index in [1.54, 1.807) is 36.0 Å². The molecule has 0 saturated carbocycles. The van der Waals surface area contributed by atoms with Crippen LogP contribution >= 0.6 is 0 Å². The van der Waals surface area contributed by atoms with Gasteiger partial charge in [-0.3, -0.25) is 4.98 Å². The maximum Gasteiger partial charge on any atom is 0.415 e. The second kappa shape index (κ2) is 9.01. The summed E-state index contributed by atoms with van der Waals surface area (Å²) in [6.45, 7) is 0. The van der Waals surface area contributed by atoms with Crippen LogP contribution in [0.2, 0.25) is 0 Å². The first-order valence-corrected chi connectivity index (χ1v) is 9.58. The van der Waals surface area contributed by atoms with Gasteiger partial charge in [0.05, 0.1) is 18.4 Å². The number of halogens is 2. The second-order valence-corrected chi connectivity index (χ2v) is 6.90. The number of pyridine rings is 2. The lowest BCUT2D eigenvalue weighted by Crippen LogP contribution is -2.34. The molecule has 0 saturated heterocycles. The van der Waals surface area contributed by atoms with Gasteiger partial charge in [0.1, 0.15) is 17.6 Å².